The second-order valence-electron chi connectivity index (χ2n) is 6.15. The van der Waals surface area contributed by atoms with Crippen molar-refractivity contribution in [1.82, 2.24) is 4.90 Å². The molecular formula is C18H28N2O. The van der Waals surface area contributed by atoms with Crippen LogP contribution in [0.5, 0.6) is 0 Å². The number of carbonyl (C=O) groups is 1. The fraction of sp³-hybridized carbons (Fsp3) is 0.611. The van der Waals surface area contributed by atoms with E-state index < -0.39 is 0 Å². The Morgan fingerprint density at radius 3 is 2.81 bits per heavy atom. The molecule has 21 heavy (non-hydrogen) atoms. The molecule has 0 aliphatic carbocycles. The van der Waals surface area contributed by atoms with E-state index in [1.807, 2.05) is 23.1 Å². The molecule has 1 N–H and O–H groups in total. The van der Waals surface area contributed by atoms with Crippen molar-refractivity contribution in [3.8, 4) is 0 Å². The Hall–Kier alpha value is -1.51. The average Bonchev–Trinajstić information content (AvgIpc) is 2.94. The fourth-order valence-corrected chi connectivity index (χ4v) is 3.10. The van der Waals surface area contributed by atoms with E-state index in [2.05, 4.69) is 26.1 Å². The monoisotopic (exact) mass is 288 g/mol. The number of aryl methyl sites for hydroxylation is 1. The minimum absolute atomic E-state index is 0.193. The van der Waals surface area contributed by atoms with E-state index >= 15 is 0 Å². The molecule has 3 nitrogen and oxygen atoms in total. The Kier molecular flexibility index (Phi) is 5.66. The first kappa shape index (κ1) is 15.9. The Bertz CT molecular complexity index is 484. The highest BCUT2D eigenvalue weighted by molar-refractivity contribution is 5.95. The summed E-state index contributed by atoms with van der Waals surface area (Å²) in [4.78, 5) is 14.6. The zero-order valence-corrected chi connectivity index (χ0v) is 13.6. The third kappa shape index (κ3) is 3.99. The van der Waals surface area contributed by atoms with Crippen LogP contribution < -0.4 is 5.32 Å². The van der Waals surface area contributed by atoms with Gasteiger partial charge in [0, 0.05) is 30.9 Å². The van der Waals surface area contributed by atoms with E-state index in [1.165, 1.54) is 12.8 Å². The maximum atomic E-state index is 12.6. The van der Waals surface area contributed by atoms with Crippen LogP contribution in [-0.2, 0) is 0 Å². The number of nitrogens with zero attached hydrogens (tertiary/aromatic N) is 1. The highest BCUT2D eigenvalue weighted by Crippen LogP contribution is 2.24. The van der Waals surface area contributed by atoms with Crippen molar-refractivity contribution in [3.05, 3.63) is 29.3 Å². The molecule has 1 aromatic carbocycles. The molecule has 1 amide bonds. The van der Waals surface area contributed by atoms with Crippen molar-refractivity contribution in [3.63, 3.8) is 0 Å². The van der Waals surface area contributed by atoms with Crippen molar-refractivity contribution in [1.29, 1.82) is 0 Å². The van der Waals surface area contributed by atoms with Crippen LogP contribution in [0.15, 0.2) is 18.2 Å². The van der Waals surface area contributed by atoms with Crippen LogP contribution in [0.1, 0.15) is 55.5 Å². The number of carbonyl (C=O) groups excluding carboxylic acids is 1. The van der Waals surface area contributed by atoms with Crippen molar-refractivity contribution in [2.75, 3.05) is 25.0 Å². The maximum absolute atomic E-state index is 12.6. The second kappa shape index (κ2) is 7.48. The van der Waals surface area contributed by atoms with Crippen molar-refractivity contribution < 1.29 is 4.79 Å². The van der Waals surface area contributed by atoms with E-state index in [0.29, 0.717) is 5.92 Å². The summed E-state index contributed by atoms with van der Waals surface area (Å²) in [7, 11) is 0. The quantitative estimate of drug-likeness (QED) is 0.855. The molecule has 0 aromatic heterocycles. The number of nitrogens with one attached hydrogen (secondary N) is 1. The Morgan fingerprint density at radius 2 is 2.14 bits per heavy atom. The first-order chi connectivity index (χ1) is 10.2. The zero-order valence-electron chi connectivity index (χ0n) is 13.6. The van der Waals surface area contributed by atoms with Crippen LogP contribution in [0.3, 0.4) is 0 Å². The molecule has 0 spiro atoms. The molecule has 1 unspecified atom stereocenters. The van der Waals surface area contributed by atoms with Crippen LogP contribution in [0.25, 0.3) is 0 Å². The van der Waals surface area contributed by atoms with Gasteiger partial charge in [-0.1, -0.05) is 20.3 Å². The van der Waals surface area contributed by atoms with Gasteiger partial charge in [-0.05, 0) is 55.9 Å². The molecule has 1 aliphatic heterocycles. The van der Waals surface area contributed by atoms with Crippen molar-refractivity contribution in [2.24, 2.45) is 5.92 Å². The topological polar surface area (TPSA) is 32.3 Å². The molecule has 1 atom stereocenters. The summed E-state index contributed by atoms with van der Waals surface area (Å²) in [6.07, 6.45) is 4.72. The largest absolute Gasteiger partial charge is 0.385 e. The molecule has 1 aliphatic rings. The SMILES string of the molecule is CCCNc1ccc(C(=O)N2CCC(CCC)C2)cc1C. The van der Waals surface area contributed by atoms with Gasteiger partial charge in [-0.25, -0.2) is 0 Å². The number of hydrogen-bond donors (Lipinski definition) is 1. The molecule has 1 aromatic rings. The van der Waals surface area contributed by atoms with Gasteiger partial charge in [-0.2, -0.15) is 0 Å². The minimum Gasteiger partial charge on any atom is -0.385 e. The summed E-state index contributed by atoms with van der Waals surface area (Å²) in [5.41, 5.74) is 3.11. The van der Waals surface area contributed by atoms with E-state index in [9.17, 15) is 4.79 Å². The second-order valence-corrected chi connectivity index (χ2v) is 6.15. The van der Waals surface area contributed by atoms with Crippen LogP contribution in [0.2, 0.25) is 0 Å². The predicted octanol–water partition coefficient (Wildman–Crippen LogP) is 4.08. The van der Waals surface area contributed by atoms with Gasteiger partial charge in [0.25, 0.3) is 5.91 Å². The maximum Gasteiger partial charge on any atom is 0.253 e. The number of hydrogen-bond acceptors (Lipinski definition) is 2. The number of benzene rings is 1. The van der Waals surface area contributed by atoms with Gasteiger partial charge >= 0.3 is 0 Å². The lowest BCUT2D eigenvalue weighted by molar-refractivity contribution is 0.0786. The van der Waals surface area contributed by atoms with E-state index in [0.717, 1.165) is 49.3 Å². The molecule has 1 heterocycles. The first-order valence-electron chi connectivity index (χ1n) is 8.29. The van der Waals surface area contributed by atoms with Gasteiger partial charge in [0.15, 0.2) is 0 Å². The standard InChI is InChI=1S/C18H28N2O/c1-4-6-15-9-11-20(13-15)18(21)16-7-8-17(14(3)12-16)19-10-5-2/h7-8,12,15,19H,4-6,9-11,13H2,1-3H3. The van der Waals surface area contributed by atoms with Crippen molar-refractivity contribution >= 4 is 11.6 Å². The summed E-state index contributed by atoms with van der Waals surface area (Å²) in [6, 6.07) is 6.02. The van der Waals surface area contributed by atoms with E-state index in [1.54, 1.807) is 0 Å². The summed E-state index contributed by atoms with van der Waals surface area (Å²) in [5.74, 6) is 0.893. The minimum atomic E-state index is 0.193. The van der Waals surface area contributed by atoms with Gasteiger partial charge in [0.2, 0.25) is 0 Å². The normalized spacial score (nSPS) is 18.0. The Balaban J connectivity index is 2.01. The number of likely N-dealkylation sites (tertiary alicyclic amines) is 1. The highest BCUT2D eigenvalue weighted by atomic mass is 16.2. The number of anilines is 1. The molecule has 0 radical (unpaired) electrons. The van der Waals surface area contributed by atoms with Gasteiger partial charge in [0.1, 0.15) is 0 Å². The predicted molar refractivity (Wildman–Crippen MR) is 88.9 cm³/mol. The molecular weight excluding hydrogens is 260 g/mol. The van der Waals surface area contributed by atoms with E-state index in [4.69, 9.17) is 0 Å². The molecule has 3 heteroatoms. The van der Waals surface area contributed by atoms with Gasteiger partial charge in [-0.3, -0.25) is 4.79 Å². The smallest absolute Gasteiger partial charge is 0.253 e. The lowest BCUT2D eigenvalue weighted by Gasteiger charge is -2.18. The van der Waals surface area contributed by atoms with Crippen LogP contribution in [-0.4, -0.2) is 30.4 Å². The summed E-state index contributed by atoms with van der Waals surface area (Å²) < 4.78 is 0. The van der Waals surface area contributed by atoms with Gasteiger partial charge < -0.3 is 10.2 Å². The molecule has 1 fully saturated rings. The van der Waals surface area contributed by atoms with Gasteiger partial charge in [-0.15, -0.1) is 0 Å². The van der Waals surface area contributed by atoms with Crippen molar-refractivity contribution in [2.45, 2.75) is 46.5 Å². The summed E-state index contributed by atoms with van der Waals surface area (Å²) >= 11 is 0. The Labute approximate surface area is 128 Å². The fourth-order valence-electron chi connectivity index (χ4n) is 3.10. The lowest BCUT2D eigenvalue weighted by Crippen LogP contribution is -2.28. The third-order valence-corrected chi connectivity index (χ3v) is 4.31. The van der Waals surface area contributed by atoms with Crippen LogP contribution in [0.4, 0.5) is 5.69 Å². The number of amides is 1. The van der Waals surface area contributed by atoms with Crippen LogP contribution in [0, 0.1) is 12.8 Å². The highest BCUT2D eigenvalue weighted by Gasteiger charge is 2.26. The number of rotatable bonds is 6. The molecule has 0 saturated carbocycles. The van der Waals surface area contributed by atoms with E-state index in [-0.39, 0.29) is 5.91 Å². The molecule has 1 saturated heterocycles. The van der Waals surface area contributed by atoms with Gasteiger partial charge in [0.05, 0.1) is 0 Å². The summed E-state index contributed by atoms with van der Waals surface area (Å²) in [5, 5.41) is 3.40. The lowest BCUT2D eigenvalue weighted by atomic mass is 10.0. The summed E-state index contributed by atoms with van der Waals surface area (Å²) in [6.45, 7) is 9.26. The Morgan fingerprint density at radius 1 is 1.33 bits per heavy atom. The average molecular weight is 288 g/mol. The van der Waals surface area contributed by atoms with Crippen LogP contribution >= 0.6 is 0 Å². The zero-order chi connectivity index (χ0) is 15.2. The molecule has 2 rings (SSSR count). The third-order valence-electron chi connectivity index (χ3n) is 4.31. The first-order valence-corrected chi connectivity index (χ1v) is 8.29. The molecule has 116 valence electrons. The molecule has 0 bridgehead atoms.